The summed E-state index contributed by atoms with van der Waals surface area (Å²) in [7, 11) is -3.01. The van der Waals surface area contributed by atoms with Crippen LogP contribution in [-0.4, -0.2) is 38.5 Å². The summed E-state index contributed by atoms with van der Waals surface area (Å²) >= 11 is 11.6. The quantitative estimate of drug-likeness (QED) is 0.907. The van der Waals surface area contributed by atoms with Crippen LogP contribution in [0.1, 0.15) is 6.42 Å². The molecule has 1 atom stereocenters. The van der Waals surface area contributed by atoms with Crippen LogP contribution < -0.4 is 10.1 Å². The maximum atomic E-state index is 11.6. The Morgan fingerprint density at radius 2 is 2.10 bits per heavy atom. The lowest BCUT2D eigenvalue weighted by atomic mass is 10.2. The van der Waals surface area contributed by atoms with Gasteiger partial charge in [0, 0.05) is 12.1 Å². The molecule has 0 unspecified atom stereocenters. The average molecular weight is 338 g/mol. The highest BCUT2D eigenvalue weighted by atomic mass is 35.5. The van der Waals surface area contributed by atoms with Crippen molar-refractivity contribution in [2.45, 2.75) is 12.5 Å². The van der Waals surface area contributed by atoms with Crippen LogP contribution in [0.3, 0.4) is 0 Å². The molecule has 110 valence electrons. The lowest BCUT2D eigenvalue weighted by Crippen LogP contribution is -2.38. The van der Waals surface area contributed by atoms with E-state index in [2.05, 4.69) is 5.32 Å². The third-order valence-electron chi connectivity index (χ3n) is 2.86. The zero-order valence-corrected chi connectivity index (χ0v) is 12.8. The second-order valence-electron chi connectivity index (χ2n) is 4.53. The van der Waals surface area contributed by atoms with Gasteiger partial charge in [-0.15, -0.1) is 0 Å². The van der Waals surface area contributed by atoms with Crippen LogP contribution in [0.25, 0.3) is 0 Å². The van der Waals surface area contributed by atoms with Gasteiger partial charge < -0.3 is 10.1 Å². The van der Waals surface area contributed by atoms with Crippen LogP contribution >= 0.6 is 23.2 Å². The third kappa shape index (κ3) is 4.26. The molecule has 5 nitrogen and oxygen atoms in total. The molecule has 0 aromatic heterocycles. The number of hydrogen-bond donors (Lipinski definition) is 1. The Morgan fingerprint density at radius 3 is 2.70 bits per heavy atom. The third-order valence-corrected chi connectivity index (χ3v) is 5.37. The minimum atomic E-state index is -3.01. The minimum Gasteiger partial charge on any atom is -0.484 e. The van der Waals surface area contributed by atoms with Gasteiger partial charge in [0.1, 0.15) is 5.75 Å². The smallest absolute Gasteiger partial charge is 0.258 e. The first-order valence-corrected chi connectivity index (χ1v) is 8.51. The summed E-state index contributed by atoms with van der Waals surface area (Å²) in [5.41, 5.74) is 0. The molecule has 1 aliphatic rings. The van der Waals surface area contributed by atoms with E-state index in [4.69, 9.17) is 27.9 Å². The zero-order chi connectivity index (χ0) is 14.8. The summed E-state index contributed by atoms with van der Waals surface area (Å²) in [4.78, 5) is 11.6. The highest BCUT2D eigenvalue weighted by Crippen LogP contribution is 2.26. The number of sulfone groups is 1. The Kier molecular flexibility index (Phi) is 4.78. The topological polar surface area (TPSA) is 72.5 Å². The molecule has 1 amide bonds. The second kappa shape index (κ2) is 6.20. The summed E-state index contributed by atoms with van der Waals surface area (Å²) in [6.45, 7) is -0.200. The molecule has 1 aromatic rings. The lowest BCUT2D eigenvalue weighted by molar-refractivity contribution is -0.123. The largest absolute Gasteiger partial charge is 0.484 e. The number of carbonyl (C=O) groups excluding carboxylic acids is 1. The summed E-state index contributed by atoms with van der Waals surface area (Å²) in [6, 6.07) is 4.35. The van der Waals surface area contributed by atoms with Crippen molar-refractivity contribution >= 4 is 38.9 Å². The van der Waals surface area contributed by atoms with Gasteiger partial charge in [-0.05, 0) is 18.6 Å². The van der Waals surface area contributed by atoms with Crippen LogP contribution in [0.2, 0.25) is 10.0 Å². The Balaban J connectivity index is 1.82. The van der Waals surface area contributed by atoms with E-state index in [0.29, 0.717) is 22.2 Å². The number of ether oxygens (including phenoxy) is 1. The normalized spacial score (nSPS) is 20.6. The average Bonchev–Trinajstić information content (AvgIpc) is 2.70. The zero-order valence-electron chi connectivity index (χ0n) is 10.4. The molecule has 0 saturated carbocycles. The molecule has 0 bridgehead atoms. The van der Waals surface area contributed by atoms with Gasteiger partial charge in [-0.2, -0.15) is 0 Å². The molecule has 1 heterocycles. The van der Waals surface area contributed by atoms with Crippen molar-refractivity contribution in [1.29, 1.82) is 0 Å². The first-order valence-electron chi connectivity index (χ1n) is 5.93. The van der Waals surface area contributed by atoms with E-state index in [1.54, 1.807) is 12.1 Å². The SMILES string of the molecule is O=C(COc1ccc(Cl)c(Cl)c1)N[C@@H]1CCS(=O)(=O)C1. The number of halogens is 2. The molecular weight excluding hydrogens is 325 g/mol. The molecule has 20 heavy (non-hydrogen) atoms. The Hall–Kier alpha value is -0.980. The van der Waals surface area contributed by atoms with Gasteiger partial charge >= 0.3 is 0 Å². The van der Waals surface area contributed by atoms with E-state index >= 15 is 0 Å². The van der Waals surface area contributed by atoms with Gasteiger partial charge in [-0.1, -0.05) is 23.2 Å². The van der Waals surface area contributed by atoms with E-state index in [0.717, 1.165) is 0 Å². The molecule has 8 heteroatoms. The molecule has 1 fully saturated rings. The Labute approximate surface area is 127 Å². The summed E-state index contributed by atoms with van der Waals surface area (Å²) in [5, 5.41) is 3.37. The molecule has 1 aromatic carbocycles. The number of nitrogens with one attached hydrogen (secondary N) is 1. The van der Waals surface area contributed by atoms with E-state index < -0.39 is 9.84 Å². The Bertz CT molecular complexity index is 618. The van der Waals surface area contributed by atoms with E-state index in [9.17, 15) is 13.2 Å². The van der Waals surface area contributed by atoms with Crippen LogP contribution in [0.4, 0.5) is 0 Å². The van der Waals surface area contributed by atoms with E-state index in [-0.39, 0.29) is 30.1 Å². The van der Waals surface area contributed by atoms with Crippen molar-refractivity contribution in [3.8, 4) is 5.75 Å². The van der Waals surface area contributed by atoms with Crippen molar-refractivity contribution in [2.75, 3.05) is 18.1 Å². The van der Waals surface area contributed by atoms with Crippen molar-refractivity contribution in [1.82, 2.24) is 5.32 Å². The van der Waals surface area contributed by atoms with Crippen molar-refractivity contribution in [2.24, 2.45) is 0 Å². The highest BCUT2D eigenvalue weighted by Gasteiger charge is 2.28. The second-order valence-corrected chi connectivity index (χ2v) is 7.58. The number of hydrogen-bond acceptors (Lipinski definition) is 4. The van der Waals surface area contributed by atoms with E-state index in [1.165, 1.54) is 6.07 Å². The van der Waals surface area contributed by atoms with Crippen LogP contribution in [-0.2, 0) is 14.6 Å². The van der Waals surface area contributed by atoms with Crippen LogP contribution in [0.5, 0.6) is 5.75 Å². The van der Waals surface area contributed by atoms with E-state index in [1.807, 2.05) is 0 Å². The molecular formula is C12H13Cl2NO4S. The fourth-order valence-electron chi connectivity index (χ4n) is 1.89. The maximum Gasteiger partial charge on any atom is 0.258 e. The molecule has 0 radical (unpaired) electrons. The summed E-state index contributed by atoms with van der Waals surface area (Å²) in [5.74, 6) is 0.170. The lowest BCUT2D eigenvalue weighted by Gasteiger charge is -2.11. The van der Waals surface area contributed by atoms with Crippen molar-refractivity contribution in [3.05, 3.63) is 28.2 Å². The number of rotatable bonds is 4. The van der Waals surface area contributed by atoms with Crippen molar-refractivity contribution in [3.63, 3.8) is 0 Å². The summed E-state index contributed by atoms with van der Waals surface area (Å²) in [6.07, 6.45) is 0.445. The maximum absolute atomic E-state index is 11.6. The predicted octanol–water partition coefficient (Wildman–Crippen LogP) is 1.68. The fourth-order valence-corrected chi connectivity index (χ4v) is 3.86. The number of carbonyl (C=O) groups is 1. The fraction of sp³-hybridized carbons (Fsp3) is 0.417. The highest BCUT2D eigenvalue weighted by molar-refractivity contribution is 7.91. The standard InChI is InChI=1S/C12H13Cl2NO4S/c13-10-2-1-9(5-11(10)14)19-6-12(16)15-8-3-4-20(17,18)7-8/h1-2,5,8H,3-4,6-7H2,(H,15,16)/t8-/m1/s1. The van der Waals surface area contributed by atoms with Gasteiger partial charge in [0.05, 0.1) is 21.6 Å². The van der Waals surface area contributed by atoms with Gasteiger partial charge in [-0.3, -0.25) is 4.79 Å². The van der Waals surface area contributed by atoms with Gasteiger partial charge in [0.2, 0.25) is 0 Å². The monoisotopic (exact) mass is 337 g/mol. The molecule has 0 aliphatic carbocycles. The molecule has 0 spiro atoms. The summed E-state index contributed by atoms with van der Waals surface area (Å²) < 4.78 is 27.8. The molecule has 2 rings (SSSR count). The minimum absolute atomic E-state index is 0.00842. The predicted molar refractivity (Wildman–Crippen MR) is 77.2 cm³/mol. The molecule has 1 N–H and O–H groups in total. The van der Waals surface area contributed by atoms with Gasteiger partial charge in [0.25, 0.3) is 5.91 Å². The van der Waals surface area contributed by atoms with Crippen LogP contribution in [0, 0.1) is 0 Å². The van der Waals surface area contributed by atoms with Gasteiger partial charge in [0.15, 0.2) is 16.4 Å². The molecule has 1 aliphatic heterocycles. The first kappa shape index (κ1) is 15.4. The molecule has 1 saturated heterocycles. The Morgan fingerprint density at radius 1 is 1.35 bits per heavy atom. The van der Waals surface area contributed by atoms with Crippen LogP contribution in [0.15, 0.2) is 18.2 Å². The van der Waals surface area contributed by atoms with Gasteiger partial charge in [-0.25, -0.2) is 8.42 Å². The van der Waals surface area contributed by atoms with Crippen molar-refractivity contribution < 1.29 is 17.9 Å². The first-order chi connectivity index (χ1) is 9.35. The number of amides is 1. The number of benzene rings is 1.